The van der Waals surface area contributed by atoms with Crippen molar-refractivity contribution in [2.24, 2.45) is 0 Å². The van der Waals surface area contributed by atoms with Crippen molar-refractivity contribution < 1.29 is 32.5 Å². The lowest BCUT2D eigenvalue weighted by Crippen LogP contribution is -2.36. The van der Waals surface area contributed by atoms with Crippen LogP contribution in [0.25, 0.3) is 17.4 Å². The summed E-state index contributed by atoms with van der Waals surface area (Å²) in [4.78, 5) is 48.5. The highest BCUT2D eigenvalue weighted by molar-refractivity contribution is 8.18. The maximum atomic E-state index is 13.7. The van der Waals surface area contributed by atoms with Crippen LogP contribution in [-0.4, -0.2) is 33.4 Å². The van der Waals surface area contributed by atoms with Crippen molar-refractivity contribution in [1.29, 1.82) is 0 Å². The van der Waals surface area contributed by atoms with Crippen molar-refractivity contribution in [2.45, 2.75) is 6.92 Å². The summed E-state index contributed by atoms with van der Waals surface area (Å²) in [5, 5.41) is 12.6. The van der Waals surface area contributed by atoms with Crippen LogP contribution in [0.2, 0.25) is 0 Å². The lowest BCUT2D eigenvalue weighted by atomic mass is 10.1. The predicted octanol–water partition coefficient (Wildman–Crippen LogP) is 5.12. The van der Waals surface area contributed by atoms with E-state index in [4.69, 9.17) is 4.42 Å². The summed E-state index contributed by atoms with van der Waals surface area (Å²) in [6.45, 7) is 0.942. The summed E-state index contributed by atoms with van der Waals surface area (Å²) in [6, 6.07) is 10.3. The van der Waals surface area contributed by atoms with Crippen molar-refractivity contribution >= 4 is 46.3 Å². The van der Waals surface area contributed by atoms with Crippen LogP contribution in [0.15, 0.2) is 57.9 Å². The highest BCUT2D eigenvalue weighted by atomic mass is 32.2. The first-order chi connectivity index (χ1) is 16.6. The molecule has 2 heterocycles. The number of nitrogens with one attached hydrogen (secondary N) is 1. The number of carbonyl (C=O) groups excluding carboxylic acids is 3. The monoisotopic (exact) mass is 499 g/mol. The van der Waals surface area contributed by atoms with Gasteiger partial charge in [0.1, 0.15) is 29.7 Å². The van der Waals surface area contributed by atoms with Crippen LogP contribution in [0.5, 0.6) is 0 Å². The average molecular weight is 499 g/mol. The SMILES string of the molecule is Cc1ccc(-c2ccc(/C=C3/SC(=O)N(CC(=O)Nc4ccc(F)cc4F)C3=O)o2)cc1[N+](=O)[O-]. The van der Waals surface area contributed by atoms with Gasteiger partial charge in [-0.05, 0) is 43.0 Å². The van der Waals surface area contributed by atoms with E-state index in [-0.39, 0.29) is 22.0 Å². The van der Waals surface area contributed by atoms with Crippen molar-refractivity contribution in [3.8, 4) is 11.3 Å². The number of nitro benzene ring substituents is 1. The fraction of sp³-hybridized carbons (Fsp3) is 0.0870. The number of nitrogens with zero attached hydrogens (tertiary/aromatic N) is 2. The first-order valence-corrected chi connectivity index (χ1v) is 10.8. The maximum Gasteiger partial charge on any atom is 0.294 e. The highest BCUT2D eigenvalue weighted by Crippen LogP contribution is 2.34. The van der Waals surface area contributed by atoms with Crippen molar-refractivity contribution in [3.63, 3.8) is 0 Å². The van der Waals surface area contributed by atoms with Crippen molar-refractivity contribution in [3.05, 3.63) is 86.5 Å². The summed E-state index contributed by atoms with van der Waals surface area (Å²) >= 11 is 0.589. The molecule has 0 atom stereocenters. The number of amides is 3. The van der Waals surface area contributed by atoms with Gasteiger partial charge in [0.2, 0.25) is 5.91 Å². The molecule has 9 nitrogen and oxygen atoms in total. The molecule has 0 radical (unpaired) electrons. The molecule has 1 aliphatic heterocycles. The Labute approximate surface area is 200 Å². The summed E-state index contributed by atoms with van der Waals surface area (Å²) in [7, 11) is 0. The predicted molar refractivity (Wildman–Crippen MR) is 123 cm³/mol. The highest BCUT2D eigenvalue weighted by Gasteiger charge is 2.36. The Morgan fingerprint density at radius 1 is 1.17 bits per heavy atom. The van der Waals surface area contributed by atoms with Gasteiger partial charge in [-0.25, -0.2) is 8.78 Å². The van der Waals surface area contributed by atoms with E-state index in [0.29, 0.717) is 39.6 Å². The Morgan fingerprint density at radius 3 is 2.66 bits per heavy atom. The van der Waals surface area contributed by atoms with Gasteiger partial charge in [0.15, 0.2) is 0 Å². The Kier molecular flexibility index (Phi) is 6.47. The van der Waals surface area contributed by atoms with E-state index in [1.807, 2.05) is 0 Å². The van der Waals surface area contributed by atoms with E-state index in [1.54, 1.807) is 25.1 Å². The third kappa shape index (κ3) is 5.11. The maximum absolute atomic E-state index is 13.7. The second-order valence-electron chi connectivity index (χ2n) is 7.40. The number of furan rings is 1. The zero-order valence-corrected chi connectivity index (χ0v) is 18.7. The minimum atomic E-state index is -1.00. The van der Waals surface area contributed by atoms with E-state index >= 15 is 0 Å². The molecule has 1 fully saturated rings. The third-order valence-corrected chi connectivity index (χ3v) is 5.88. The van der Waals surface area contributed by atoms with Crippen molar-refractivity contribution in [2.75, 3.05) is 11.9 Å². The van der Waals surface area contributed by atoms with Gasteiger partial charge >= 0.3 is 0 Å². The number of halogens is 2. The van der Waals surface area contributed by atoms with E-state index in [9.17, 15) is 33.3 Å². The number of rotatable bonds is 6. The molecule has 12 heteroatoms. The Hall–Kier alpha value is -4.32. The fourth-order valence-corrected chi connectivity index (χ4v) is 4.05. The van der Waals surface area contributed by atoms with Crippen LogP contribution in [0.3, 0.4) is 0 Å². The molecule has 4 rings (SSSR count). The summed E-state index contributed by atoms with van der Waals surface area (Å²) in [6.07, 6.45) is 1.31. The molecule has 3 amide bonds. The summed E-state index contributed by atoms with van der Waals surface area (Å²) in [5.74, 6) is -2.89. The lowest BCUT2D eigenvalue weighted by molar-refractivity contribution is -0.385. The van der Waals surface area contributed by atoms with Crippen LogP contribution in [0.1, 0.15) is 11.3 Å². The molecular weight excluding hydrogens is 484 g/mol. The third-order valence-electron chi connectivity index (χ3n) is 4.97. The number of hydrogen-bond donors (Lipinski definition) is 1. The van der Waals surface area contributed by atoms with Crippen LogP contribution in [-0.2, 0) is 9.59 Å². The Balaban J connectivity index is 1.47. The Morgan fingerprint density at radius 2 is 1.94 bits per heavy atom. The lowest BCUT2D eigenvalue weighted by Gasteiger charge is -2.12. The van der Waals surface area contributed by atoms with Gasteiger partial charge < -0.3 is 9.73 Å². The molecule has 0 spiro atoms. The van der Waals surface area contributed by atoms with Gasteiger partial charge in [0, 0.05) is 29.3 Å². The summed E-state index contributed by atoms with van der Waals surface area (Å²) in [5.41, 5.74) is 0.587. The van der Waals surface area contributed by atoms with E-state index in [2.05, 4.69) is 5.32 Å². The quantitative estimate of drug-likeness (QED) is 0.284. The molecule has 1 aliphatic rings. The standard InChI is InChI=1S/C23H15F2N3O6S/c1-12-2-3-13(8-18(12)28(32)33)19-7-5-15(34-19)10-20-22(30)27(23(31)35-20)11-21(29)26-17-6-4-14(24)9-16(17)25/h2-10H,11H2,1H3,(H,26,29)/b20-10+. The van der Waals surface area contributed by atoms with E-state index in [0.717, 1.165) is 12.1 Å². The first-order valence-electron chi connectivity index (χ1n) is 9.98. The Bertz CT molecular complexity index is 1420. The number of aryl methyl sites for hydroxylation is 1. The molecule has 0 unspecified atom stereocenters. The molecular formula is C23H15F2N3O6S. The smallest absolute Gasteiger partial charge is 0.294 e. The first kappa shape index (κ1) is 23.8. The van der Waals surface area contributed by atoms with Gasteiger partial charge in [-0.15, -0.1) is 0 Å². The molecule has 3 aromatic rings. The van der Waals surface area contributed by atoms with Gasteiger partial charge in [-0.2, -0.15) is 0 Å². The molecule has 0 bridgehead atoms. The molecule has 1 N–H and O–H groups in total. The molecule has 35 heavy (non-hydrogen) atoms. The number of nitro groups is 1. The second-order valence-corrected chi connectivity index (χ2v) is 8.39. The van der Waals surface area contributed by atoms with E-state index < -0.39 is 40.2 Å². The number of anilines is 1. The normalized spacial score (nSPS) is 14.6. The van der Waals surface area contributed by atoms with Crippen LogP contribution in [0.4, 0.5) is 25.0 Å². The zero-order chi connectivity index (χ0) is 25.3. The minimum absolute atomic E-state index is 0.00782. The largest absolute Gasteiger partial charge is 0.457 e. The minimum Gasteiger partial charge on any atom is -0.457 e. The number of benzene rings is 2. The van der Waals surface area contributed by atoms with Gasteiger partial charge in [-0.3, -0.25) is 29.4 Å². The number of thioether (sulfide) groups is 1. The summed E-state index contributed by atoms with van der Waals surface area (Å²) < 4.78 is 32.4. The number of carbonyl (C=O) groups is 3. The second kappa shape index (κ2) is 9.50. The van der Waals surface area contributed by atoms with Gasteiger partial charge in [0.05, 0.1) is 15.5 Å². The molecule has 1 aromatic heterocycles. The van der Waals surface area contributed by atoms with Crippen molar-refractivity contribution in [1.82, 2.24) is 4.90 Å². The van der Waals surface area contributed by atoms with Gasteiger partial charge in [0.25, 0.3) is 16.8 Å². The van der Waals surface area contributed by atoms with E-state index in [1.165, 1.54) is 18.2 Å². The number of hydrogen-bond acceptors (Lipinski definition) is 7. The topological polar surface area (TPSA) is 123 Å². The zero-order valence-electron chi connectivity index (χ0n) is 17.9. The fourth-order valence-electron chi connectivity index (χ4n) is 3.23. The molecule has 0 aliphatic carbocycles. The molecule has 0 saturated carbocycles. The van der Waals surface area contributed by atoms with Crippen LogP contribution >= 0.6 is 11.8 Å². The molecule has 2 aromatic carbocycles. The number of imide groups is 1. The van der Waals surface area contributed by atoms with Gasteiger partial charge in [-0.1, -0.05) is 12.1 Å². The molecule has 1 saturated heterocycles. The van der Waals surface area contributed by atoms with Crippen LogP contribution < -0.4 is 5.32 Å². The molecule has 178 valence electrons. The average Bonchev–Trinajstić information content (AvgIpc) is 3.36. The van der Waals surface area contributed by atoms with Crippen LogP contribution in [0, 0.1) is 28.7 Å².